The fourth-order valence-electron chi connectivity index (χ4n) is 3.56. The number of aryl methyl sites for hydroxylation is 2. The summed E-state index contributed by atoms with van der Waals surface area (Å²) in [5, 5.41) is 1.58. The van der Waals surface area contributed by atoms with Crippen molar-refractivity contribution in [2.75, 3.05) is 26.1 Å². The van der Waals surface area contributed by atoms with Gasteiger partial charge in [-0.25, -0.2) is 4.98 Å². The molecular weight excluding hydrogens is 472 g/mol. The Kier molecular flexibility index (Phi) is 6.95. The van der Waals surface area contributed by atoms with Gasteiger partial charge in [0.15, 0.2) is 5.16 Å². The molecule has 0 radical (unpaired) electrons. The van der Waals surface area contributed by atoms with E-state index in [1.807, 2.05) is 24.3 Å². The summed E-state index contributed by atoms with van der Waals surface area (Å²) in [6, 6.07) is 7.79. The Hall–Kier alpha value is -1.35. The van der Waals surface area contributed by atoms with Gasteiger partial charge in [-0.2, -0.15) is 0 Å². The van der Waals surface area contributed by atoms with Gasteiger partial charge in [0.25, 0.3) is 5.56 Å². The number of nitrogens with zero attached hydrogens (tertiary/aromatic N) is 2. The number of methoxy groups -OCH3 is 1. The first-order valence-corrected chi connectivity index (χ1v) is 12.3. The van der Waals surface area contributed by atoms with E-state index in [0.29, 0.717) is 25.5 Å². The Morgan fingerprint density at radius 2 is 2.14 bits per heavy atom. The standard InChI is InChI=1S/C21H23BrN2O3S2/c1-26-10-9-24-20(25)18-16-7-2-3-8-17(16)29-19(18)23-21(24)28-12-11-27-15-6-4-5-14(22)13-15/h4-6,13H,2-3,7-12H2,1H3. The molecule has 2 aromatic heterocycles. The van der Waals surface area contributed by atoms with Gasteiger partial charge in [-0.05, 0) is 49.4 Å². The predicted octanol–water partition coefficient (Wildman–Crippen LogP) is 4.92. The number of thiophene rings is 1. The molecule has 0 aliphatic heterocycles. The smallest absolute Gasteiger partial charge is 0.263 e. The molecule has 0 bridgehead atoms. The number of hydrogen-bond acceptors (Lipinski definition) is 6. The summed E-state index contributed by atoms with van der Waals surface area (Å²) in [4.78, 5) is 20.4. The van der Waals surface area contributed by atoms with Crippen LogP contribution < -0.4 is 10.3 Å². The SMILES string of the molecule is COCCn1c(SCCOc2cccc(Br)c2)nc2sc3c(c2c1=O)CCCC3. The maximum Gasteiger partial charge on any atom is 0.263 e. The van der Waals surface area contributed by atoms with E-state index in [2.05, 4.69) is 15.9 Å². The monoisotopic (exact) mass is 494 g/mol. The van der Waals surface area contributed by atoms with Crippen LogP contribution in [0.25, 0.3) is 10.2 Å². The first-order valence-electron chi connectivity index (χ1n) is 9.72. The topological polar surface area (TPSA) is 53.4 Å². The molecule has 1 aliphatic carbocycles. The van der Waals surface area contributed by atoms with Crippen LogP contribution in [0.2, 0.25) is 0 Å². The maximum atomic E-state index is 13.3. The quantitative estimate of drug-likeness (QED) is 0.252. The molecule has 0 amide bonds. The summed E-state index contributed by atoms with van der Waals surface area (Å²) < 4.78 is 13.8. The molecule has 0 saturated carbocycles. The molecule has 154 valence electrons. The van der Waals surface area contributed by atoms with Crippen LogP contribution >= 0.6 is 39.0 Å². The van der Waals surface area contributed by atoms with Crippen molar-refractivity contribution in [2.45, 2.75) is 37.4 Å². The van der Waals surface area contributed by atoms with E-state index in [0.717, 1.165) is 44.9 Å². The second-order valence-corrected chi connectivity index (χ2v) is 9.95. The number of hydrogen-bond donors (Lipinski definition) is 0. The van der Waals surface area contributed by atoms with Crippen LogP contribution in [-0.4, -0.2) is 35.6 Å². The minimum atomic E-state index is 0.0712. The fourth-order valence-corrected chi connectivity index (χ4v) is 6.08. The number of rotatable bonds is 8. The van der Waals surface area contributed by atoms with E-state index >= 15 is 0 Å². The van der Waals surface area contributed by atoms with Gasteiger partial charge in [-0.3, -0.25) is 9.36 Å². The highest BCUT2D eigenvalue weighted by Crippen LogP contribution is 2.34. The Bertz CT molecular complexity index is 1060. The average Bonchev–Trinajstić information content (AvgIpc) is 3.09. The molecule has 5 nitrogen and oxygen atoms in total. The Labute approximate surface area is 186 Å². The third kappa shape index (κ3) is 4.71. The molecule has 3 aromatic rings. The highest BCUT2D eigenvalue weighted by atomic mass is 79.9. The second-order valence-electron chi connectivity index (χ2n) is 6.89. The molecule has 0 N–H and O–H groups in total. The Morgan fingerprint density at radius 3 is 2.97 bits per heavy atom. The predicted molar refractivity (Wildman–Crippen MR) is 123 cm³/mol. The number of fused-ring (bicyclic) bond motifs is 3. The zero-order valence-corrected chi connectivity index (χ0v) is 19.5. The van der Waals surface area contributed by atoms with Crippen LogP contribution in [-0.2, 0) is 24.1 Å². The van der Waals surface area contributed by atoms with Crippen molar-refractivity contribution in [3.8, 4) is 5.75 Å². The highest BCUT2D eigenvalue weighted by Gasteiger charge is 2.22. The lowest BCUT2D eigenvalue weighted by Crippen LogP contribution is -2.25. The van der Waals surface area contributed by atoms with Crippen molar-refractivity contribution in [3.05, 3.63) is 49.5 Å². The van der Waals surface area contributed by atoms with Crippen LogP contribution in [0.5, 0.6) is 5.75 Å². The van der Waals surface area contributed by atoms with Gasteiger partial charge in [0.1, 0.15) is 10.6 Å². The molecule has 1 aliphatic rings. The molecule has 2 heterocycles. The number of thioether (sulfide) groups is 1. The molecular formula is C21H23BrN2O3S2. The van der Waals surface area contributed by atoms with Crippen LogP contribution in [0.15, 0.2) is 38.7 Å². The van der Waals surface area contributed by atoms with Gasteiger partial charge < -0.3 is 9.47 Å². The first kappa shape index (κ1) is 20.9. The van der Waals surface area contributed by atoms with Crippen LogP contribution in [0.1, 0.15) is 23.3 Å². The van der Waals surface area contributed by atoms with Crippen molar-refractivity contribution in [1.82, 2.24) is 9.55 Å². The molecule has 0 unspecified atom stereocenters. The van der Waals surface area contributed by atoms with Crippen molar-refractivity contribution < 1.29 is 9.47 Å². The van der Waals surface area contributed by atoms with E-state index < -0.39 is 0 Å². The molecule has 0 atom stereocenters. The van der Waals surface area contributed by atoms with Gasteiger partial charge in [0.2, 0.25) is 0 Å². The lowest BCUT2D eigenvalue weighted by molar-refractivity contribution is 0.183. The second kappa shape index (κ2) is 9.64. The summed E-state index contributed by atoms with van der Waals surface area (Å²) in [6.07, 6.45) is 4.41. The van der Waals surface area contributed by atoms with Crippen molar-refractivity contribution in [1.29, 1.82) is 0 Å². The molecule has 4 rings (SSSR count). The normalized spacial score (nSPS) is 13.6. The molecule has 0 spiro atoms. The van der Waals surface area contributed by atoms with Gasteiger partial charge in [0, 0.05) is 22.2 Å². The lowest BCUT2D eigenvalue weighted by atomic mass is 9.97. The number of halogens is 1. The van der Waals surface area contributed by atoms with Crippen LogP contribution in [0, 0.1) is 0 Å². The van der Waals surface area contributed by atoms with E-state index in [-0.39, 0.29) is 5.56 Å². The number of benzene rings is 1. The fraction of sp³-hybridized carbons (Fsp3) is 0.429. The summed E-state index contributed by atoms with van der Waals surface area (Å²) in [7, 11) is 1.65. The third-order valence-electron chi connectivity index (χ3n) is 4.94. The van der Waals surface area contributed by atoms with Crippen LogP contribution in [0.3, 0.4) is 0 Å². The van der Waals surface area contributed by atoms with E-state index in [1.165, 1.54) is 16.9 Å². The van der Waals surface area contributed by atoms with Gasteiger partial charge in [0.05, 0.1) is 25.1 Å². The molecule has 0 saturated heterocycles. The summed E-state index contributed by atoms with van der Waals surface area (Å²) in [5.74, 6) is 1.54. The van der Waals surface area contributed by atoms with Crippen molar-refractivity contribution >= 4 is 49.2 Å². The molecule has 29 heavy (non-hydrogen) atoms. The number of ether oxygens (including phenoxy) is 2. The first-order chi connectivity index (χ1) is 14.2. The Balaban J connectivity index is 1.56. The van der Waals surface area contributed by atoms with E-state index in [1.54, 1.807) is 34.8 Å². The molecule has 1 aromatic carbocycles. The highest BCUT2D eigenvalue weighted by molar-refractivity contribution is 9.10. The average molecular weight is 495 g/mol. The van der Waals surface area contributed by atoms with Crippen LogP contribution in [0.4, 0.5) is 0 Å². The van der Waals surface area contributed by atoms with Gasteiger partial charge >= 0.3 is 0 Å². The minimum Gasteiger partial charge on any atom is -0.493 e. The third-order valence-corrected chi connectivity index (χ3v) is 7.56. The largest absolute Gasteiger partial charge is 0.493 e. The molecule has 0 fully saturated rings. The zero-order chi connectivity index (χ0) is 20.2. The van der Waals surface area contributed by atoms with Crippen molar-refractivity contribution in [2.24, 2.45) is 0 Å². The minimum absolute atomic E-state index is 0.0712. The summed E-state index contributed by atoms with van der Waals surface area (Å²) >= 11 is 6.71. The van der Waals surface area contributed by atoms with Gasteiger partial charge in [-0.1, -0.05) is 33.8 Å². The summed E-state index contributed by atoms with van der Waals surface area (Å²) in [5.41, 5.74) is 1.30. The van der Waals surface area contributed by atoms with Gasteiger partial charge in [-0.15, -0.1) is 11.3 Å². The zero-order valence-electron chi connectivity index (χ0n) is 16.3. The number of aromatic nitrogens is 2. The lowest BCUT2D eigenvalue weighted by Gasteiger charge is -2.13. The molecule has 8 heteroatoms. The Morgan fingerprint density at radius 1 is 1.28 bits per heavy atom. The maximum absolute atomic E-state index is 13.3. The summed E-state index contributed by atoms with van der Waals surface area (Å²) in [6.45, 7) is 1.54. The van der Waals surface area contributed by atoms with E-state index in [9.17, 15) is 4.79 Å². The van der Waals surface area contributed by atoms with E-state index in [4.69, 9.17) is 14.5 Å². The van der Waals surface area contributed by atoms with Crippen molar-refractivity contribution in [3.63, 3.8) is 0 Å².